The molecule has 0 atom stereocenters. The lowest BCUT2D eigenvalue weighted by Crippen LogP contribution is -1.99. The Bertz CT molecular complexity index is 233. The van der Waals surface area contributed by atoms with Gasteiger partial charge in [-0.05, 0) is 24.5 Å². The summed E-state index contributed by atoms with van der Waals surface area (Å²) in [6, 6.07) is 3.06. The van der Waals surface area contributed by atoms with E-state index in [0.29, 0.717) is 18.0 Å². The molecule has 0 saturated heterocycles. The van der Waals surface area contributed by atoms with Crippen molar-refractivity contribution in [1.29, 1.82) is 0 Å². The van der Waals surface area contributed by atoms with Crippen LogP contribution >= 0.6 is 0 Å². The Labute approximate surface area is 66.3 Å². The minimum absolute atomic E-state index is 0.193. The molecule has 0 aliphatic heterocycles. The van der Waals surface area contributed by atoms with E-state index in [4.69, 9.17) is 0 Å². The SMILES string of the molecule is CC(C)Cc1ncccc1F. The highest BCUT2D eigenvalue weighted by molar-refractivity contribution is 5.07. The van der Waals surface area contributed by atoms with Gasteiger partial charge in [0.25, 0.3) is 0 Å². The molecule has 1 rings (SSSR count). The maximum atomic E-state index is 12.9. The third-order valence-corrected chi connectivity index (χ3v) is 1.44. The third-order valence-electron chi connectivity index (χ3n) is 1.44. The molecule has 1 nitrogen and oxygen atoms in total. The van der Waals surface area contributed by atoms with Gasteiger partial charge in [-0.25, -0.2) is 4.39 Å². The van der Waals surface area contributed by atoms with Gasteiger partial charge in [0.1, 0.15) is 5.82 Å². The minimum Gasteiger partial charge on any atom is -0.258 e. The summed E-state index contributed by atoms with van der Waals surface area (Å²) in [5, 5.41) is 0. The Kier molecular flexibility index (Phi) is 2.58. The first kappa shape index (κ1) is 8.18. The number of hydrogen-bond acceptors (Lipinski definition) is 1. The van der Waals surface area contributed by atoms with E-state index in [-0.39, 0.29) is 5.82 Å². The normalized spacial score (nSPS) is 10.5. The maximum absolute atomic E-state index is 12.9. The second-order valence-corrected chi connectivity index (χ2v) is 3.03. The minimum atomic E-state index is -0.193. The number of nitrogens with zero attached hydrogens (tertiary/aromatic N) is 1. The molecule has 1 aromatic rings. The van der Waals surface area contributed by atoms with Crippen LogP contribution in [0.2, 0.25) is 0 Å². The van der Waals surface area contributed by atoms with Gasteiger partial charge >= 0.3 is 0 Å². The summed E-state index contributed by atoms with van der Waals surface area (Å²) >= 11 is 0. The quantitative estimate of drug-likeness (QED) is 0.635. The highest BCUT2D eigenvalue weighted by Crippen LogP contribution is 2.08. The number of halogens is 1. The van der Waals surface area contributed by atoms with Gasteiger partial charge < -0.3 is 0 Å². The van der Waals surface area contributed by atoms with Gasteiger partial charge in [0, 0.05) is 6.20 Å². The molecule has 0 aromatic carbocycles. The van der Waals surface area contributed by atoms with E-state index < -0.39 is 0 Å². The molecule has 0 amide bonds. The van der Waals surface area contributed by atoms with E-state index in [0.717, 1.165) is 0 Å². The van der Waals surface area contributed by atoms with Crippen LogP contribution in [0.15, 0.2) is 18.3 Å². The smallest absolute Gasteiger partial charge is 0.144 e. The lowest BCUT2D eigenvalue weighted by molar-refractivity contribution is 0.560. The van der Waals surface area contributed by atoms with Crippen molar-refractivity contribution in [3.8, 4) is 0 Å². The van der Waals surface area contributed by atoms with E-state index in [9.17, 15) is 4.39 Å². The highest BCUT2D eigenvalue weighted by atomic mass is 19.1. The predicted octanol–water partition coefficient (Wildman–Crippen LogP) is 2.42. The fourth-order valence-corrected chi connectivity index (χ4v) is 0.955. The molecule has 0 N–H and O–H groups in total. The van der Waals surface area contributed by atoms with Crippen LogP contribution in [0.5, 0.6) is 0 Å². The van der Waals surface area contributed by atoms with Crippen LogP contribution in [0.25, 0.3) is 0 Å². The van der Waals surface area contributed by atoms with Crippen molar-refractivity contribution in [3.05, 3.63) is 29.8 Å². The first-order valence-corrected chi connectivity index (χ1v) is 3.79. The van der Waals surface area contributed by atoms with Crippen LogP contribution in [0.3, 0.4) is 0 Å². The molecular weight excluding hydrogens is 141 g/mol. The third kappa shape index (κ3) is 2.30. The largest absolute Gasteiger partial charge is 0.258 e. The van der Waals surface area contributed by atoms with Gasteiger partial charge in [0.2, 0.25) is 0 Å². The molecule has 0 spiro atoms. The van der Waals surface area contributed by atoms with Crippen molar-refractivity contribution in [2.24, 2.45) is 5.92 Å². The van der Waals surface area contributed by atoms with Crippen LogP contribution in [0, 0.1) is 11.7 Å². The van der Waals surface area contributed by atoms with E-state index in [1.165, 1.54) is 6.07 Å². The Morgan fingerprint density at radius 2 is 2.27 bits per heavy atom. The summed E-state index contributed by atoms with van der Waals surface area (Å²) in [7, 11) is 0. The molecule has 11 heavy (non-hydrogen) atoms. The van der Waals surface area contributed by atoms with E-state index in [1.807, 2.05) is 13.8 Å². The van der Waals surface area contributed by atoms with Crippen LogP contribution in [0.1, 0.15) is 19.5 Å². The molecule has 0 radical (unpaired) electrons. The van der Waals surface area contributed by atoms with Crippen molar-refractivity contribution in [1.82, 2.24) is 4.98 Å². The standard InChI is InChI=1S/C9H12FN/c1-7(2)6-9-8(10)4-3-5-11-9/h3-5,7H,6H2,1-2H3. The Hall–Kier alpha value is -0.920. The van der Waals surface area contributed by atoms with Gasteiger partial charge in [0.05, 0.1) is 5.69 Å². The Morgan fingerprint density at radius 1 is 1.55 bits per heavy atom. The fourth-order valence-electron chi connectivity index (χ4n) is 0.955. The van der Waals surface area contributed by atoms with Gasteiger partial charge in [-0.1, -0.05) is 13.8 Å². The summed E-state index contributed by atoms with van der Waals surface area (Å²) in [4.78, 5) is 3.94. The topological polar surface area (TPSA) is 12.9 Å². The zero-order valence-corrected chi connectivity index (χ0v) is 6.84. The van der Waals surface area contributed by atoms with Gasteiger partial charge in [-0.15, -0.1) is 0 Å². The van der Waals surface area contributed by atoms with Crippen LogP contribution in [0.4, 0.5) is 4.39 Å². The van der Waals surface area contributed by atoms with Crippen molar-refractivity contribution in [3.63, 3.8) is 0 Å². The molecule has 0 fully saturated rings. The first-order chi connectivity index (χ1) is 5.20. The molecule has 0 bridgehead atoms. The average Bonchev–Trinajstić information content (AvgIpc) is 1.93. The number of aromatic nitrogens is 1. The summed E-state index contributed by atoms with van der Waals surface area (Å²) < 4.78 is 12.9. The summed E-state index contributed by atoms with van der Waals surface area (Å²) in [6.45, 7) is 4.10. The van der Waals surface area contributed by atoms with Crippen LogP contribution in [-0.2, 0) is 6.42 Å². The zero-order valence-electron chi connectivity index (χ0n) is 6.84. The summed E-state index contributed by atoms with van der Waals surface area (Å²) in [5.41, 5.74) is 0.572. The molecule has 1 heterocycles. The maximum Gasteiger partial charge on any atom is 0.144 e. The van der Waals surface area contributed by atoms with Crippen LogP contribution < -0.4 is 0 Å². The predicted molar refractivity (Wildman–Crippen MR) is 42.7 cm³/mol. The average molecular weight is 153 g/mol. The van der Waals surface area contributed by atoms with Crippen molar-refractivity contribution < 1.29 is 4.39 Å². The zero-order chi connectivity index (χ0) is 8.27. The van der Waals surface area contributed by atoms with Crippen LogP contribution in [-0.4, -0.2) is 4.98 Å². The van der Waals surface area contributed by atoms with Gasteiger partial charge in [0.15, 0.2) is 0 Å². The molecule has 2 heteroatoms. The van der Waals surface area contributed by atoms with Gasteiger partial charge in [-0.3, -0.25) is 4.98 Å². The molecule has 0 aliphatic rings. The molecule has 60 valence electrons. The summed E-state index contributed by atoms with van der Waals surface area (Å²) in [6.07, 6.45) is 2.34. The van der Waals surface area contributed by atoms with Crippen molar-refractivity contribution in [2.45, 2.75) is 20.3 Å². The second-order valence-electron chi connectivity index (χ2n) is 3.03. The van der Waals surface area contributed by atoms with E-state index in [2.05, 4.69) is 4.98 Å². The monoisotopic (exact) mass is 153 g/mol. The van der Waals surface area contributed by atoms with Crippen molar-refractivity contribution >= 4 is 0 Å². The number of rotatable bonds is 2. The molecule has 0 saturated carbocycles. The molecule has 1 aromatic heterocycles. The lowest BCUT2D eigenvalue weighted by atomic mass is 10.1. The van der Waals surface area contributed by atoms with E-state index >= 15 is 0 Å². The fraction of sp³-hybridized carbons (Fsp3) is 0.444. The number of pyridine rings is 1. The Balaban J connectivity index is 2.78. The molecule has 0 aliphatic carbocycles. The molecular formula is C9H12FN. The lowest BCUT2D eigenvalue weighted by Gasteiger charge is -2.03. The van der Waals surface area contributed by atoms with Gasteiger partial charge in [-0.2, -0.15) is 0 Å². The number of hydrogen-bond donors (Lipinski definition) is 0. The Morgan fingerprint density at radius 3 is 2.82 bits per heavy atom. The highest BCUT2D eigenvalue weighted by Gasteiger charge is 2.03. The van der Waals surface area contributed by atoms with E-state index in [1.54, 1.807) is 12.3 Å². The second kappa shape index (κ2) is 3.46. The summed E-state index contributed by atoms with van der Waals surface area (Å²) in [5.74, 6) is 0.264. The molecule has 0 unspecified atom stereocenters. The van der Waals surface area contributed by atoms with Crippen molar-refractivity contribution in [2.75, 3.05) is 0 Å². The first-order valence-electron chi connectivity index (χ1n) is 3.79.